The highest BCUT2D eigenvalue weighted by molar-refractivity contribution is 8.23. The van der Waals surface area contributed by atoms with Crippen LogP contribution >= 0.6 is 24.0 Å². The van der Waals surface area contributed by atoms with Crippen molar-refractivity contribution in [3.05, 3.63) is 35.9 Å². The number of hydrogen-bond acceptors (Lipinski definition) is 3. The fraction of sp³-hybridized carbons (Fsp3) is 0.364. The summed E-state index contributed by atoms with van der Waals surface area (Å²) in [5, 5.41) is 9.65. The molecule has 1 aliphatic rings. The predicted octanol–water partition coefficient (Wildman–Crippen LogP) is 1.88. The quantitative estimate of drug-likeness (QED) is 0.814. The van der Waals surface area contributed by atoms with Crippen LogP contribution in [0.4, 0.5) is 0 Å². The highest BCUT2D eigenvalue weighted by atomic mass is 32.2. The number of benzene rings is 1. The van der Waals surface area contributed by atoms with E-state index < -0.39 is 6.23 Å². The van der Waals surface area contributed by atoms with E-state index in [0.29, 0.717) is 5.75 Å². The van der Waals surface area contributed by atoms with Crippen molar-refractivity contribution in [1.29, 1.82) is 0 Å². The second-order valence-corrected chi connectivity index (χ2v) is 5.14. The van der Waals surface area contributed by atoms with Gasteiger partial charge in [-0.3, -0.25) is 0 Å². The van der Waals surface area contributed by atoms with E-state index in [1.807, 2.05) is 23.1 Å². The zero-order valence-electron chi connectivity index (χ0n) is 8.30. The van der Waals surface area contributed by atoms with Crippen molar-refractivity contribution < 1.29 is 5.11 Å². The molecule has 1 N–H and O–H groups in total. The maximum absolute atomic E-state index is 9.65. The van der Waals surface area contributed by atoms with Crippen molar-refractivity contribution in [3.63, 3.8) is 0 Å². The van der Waals surface area contributed by atoms with Gasteiger partial charge in [0.1, 0.15) is 10.5 Å². The van der Waals surface area contributed by atoms with Crippen molar-refractivity contribution in [2.24, 2.45) is 0 Å². The number of aliphatic hydroxyl groups is 1. The number of thiocarbonyl (C=S) groups is 1. The minimum absolute atomic E-state index is 0.397. The third-order valence-corrected chi connectivity index (χ3v) is 3.97. The van der Waals surface area contributed by atoms with Crippen LogP contribution in [-0.2, 0) is 6.42 Å². The van der Waals surface area contributed by atoms with Crippen LogP contribution in [0.15, 0.2) is 30.3 Å². The van der Waals surface area contributed by atoms with E-state index in [0.717, 1.165) is 17.3 Å². The molecule has 4 heteroatoms. The van der Waals surface area contributed by atoms with E-state index in [-0.39, 0.29) is 0 Å². The van der Waals surface area contributed by atoms with E-state index >= 15 is 0 Å². The number of thioether (sulfide) groups is 1. The van der Waals surface area contributed by atoms with Crippen molar-refractivity contribution >= 4 is 28.3 Å². The minimum Gasteiger partial charge on any atom is -0.373 e. The van der Waals surface area contributed by atoms with Gasteiger partial charge < -0.3 is 10.0 Å². The fourth-order valence-electron chi connectivity index (χ4n) is 1.57. The first-order valence-electron chi connectivity index (χ1n) is 4.93. The third-order valence-electron chi connectivity index (χ3n) is 2.43. The molecule has 0 aromatic heterocycles. The van der Waals surface area contributed by atoms with E-state index in [4.69, 9.17) is 12.2 Å². The molecule has 0 amide bonds. The second-order valence-electron chi connectivity index (χ2n) is 3.49. The molecule has 0 saturated carbocycles. The first-order valence-corrected chi connectivity index (χ1v) is 6.32. The topological polar surface area (TPSA) is 23.5 Å². The van der Waals surface area contributed by atoms with Crippen LogP contribution in [0, 0.1) is 0 Å². The zero-order valence-corrected chi connectivity index (χ0v) is 9.93. The van der Waals surface area contributed by atoms with Crippen LogP contribution in [0.3, 0.4) is 0 Å². The Morgan fingerprint density at radius 1 is 1.40 bits per heavy atom. The predicted molar refractivity (Wildman–Crippen MR) is 67.9 cm³/mol. The molecule has 0 spiro atoms. The summed E-state index contributed by atoms with van der Waals surface area (Å²) >= 11 is 6.72. The Hall–Kier alpha value is -0.580. The van der Waals surface area contributed by atoms with Gasteiger partial charge >= 0.3 is 0 Å². The SMILES string of the molecule is O[C@H]1CSC(=S)N1CCc1ccccc1. The average Bonchev–Trinajstić information content (AvgIpc) is 2.58. The van der Waals surface area contributed by atoms with Gasteiger partial charge in [0.2, 0.25) is 0 Å². The number of rotatable bonds is 3. The molecule has 2 rings (SSSR count). The maximum atomic E-state index is 9.65. The summed E-state index contributed by atoms with van der Waals surface area (Å²) in [4.78, 5) is 1.90. The monoisotopic (exact) mass is 239 g/mol. The standard InChI is InChI=1S/C11H13NOS2/c13-10-8-15-11(14)12(10)7-6-9-4-2-1-3-5-9/h1-5,10,13H,6-8H2/t10-/m0/s1. The van der Waals surface area contributed by atoms with Crippen molar-refractivity contribution in [3.8, 4) is 0 Å². The Morgan fingerprint density at radius 2 is 2.13 bits per heavy atom. The highest BCUT2D eigenvalue weighted by Gasteiger charge is 2.26. The maximum Gasteiger partial charge on any atom is 0.138 e. The van der Waals surface area contributed by atoms with E-state index in [2.05, 4.69) is 12.1 Å². The highest BCUT2D eigenvalue weighted by Crippen LogP contribution is 2.22. The van der Waals surface area contributed by atoms with Crippen LogP contribution in [0.5, 0.6) is 0 Å². The number of nitrogens with zero attached hydrogens (tertiary/aromatic N) is 1. The lowest BCUT2D eigenvalue weighted by atomic mass is 10.1. The summed E-state index contributed by atoms with van der Waals surface area (Å²) in [6.45, 7) is 0.803. The molecule has 0 radical (unpaired) electrons. The van der Waals surface area contributed by atoms with Gasteiger partial charge in [-0.2, -0.15) is 0 Å². The normalized spacial score (nSPS) is 21.0. The fourth-order valence-corrected chi connectivity index (χ4v) is 2.84. The summed E-state index contributed by atoms with van der Waals surface area (Å²) in [5.41, 5.74) is 1.28. The van der Waals surface area contributed by atoms with E-state index in [1.165, 1.54) is 5.56 Å². The van der Waals surface area contributed by atoms with Gasteiger partial charge in [-0.05, 0) is 12.0 Å². The molecule has 1 atom stereocenters. The number of hydrogen-bond donors (Lipinski definition) is 1. The Labute approximate surface area is 99.3 Å². The molecular weight excluding hydrogens is 226 g/mol. The van der Waals surface area contributed by atoms with Crippen LogP contribution < -0.4 is 0 Å². The molecule has 1 heterocycles. The van der Waals surface area contributed by atoms with Crippen LogP contribution in [0.25, 0.3) is 0 Å². The van der Waals surface area contributed by atoms with Gasteiger partial charge in [0.15, 0.2) is 0 Å². The van der Waals surface area contributed by atoms with Gasteiger partial charge in [0.05, 0.1) is 0 Å². The molecule has 0 unspecified atom stereocenters. The molecule has 80 valence electrons. The second kappa shape index (κ2) is 4.96. The first kappa shape index (κ1) is 10.9. The average molecular weight is 239 g/mol. The number of aliphatic hydroxyl groups excluding tert-OH is 1. The lowest BCUT2D eigenvalue weighted by Crippen LogP contribution is -2.34. The Balaban J connectivity index is 1.91. The van der Waals surface area contributed by atoms with Crippen LogP contribution in [0.1, 0.15) is 5.56 Å². The Kier molecular flexibility index (Phi) is 3.61. The van der Waals surface area contributed by atoms with Gasteiger partial charge in [-0.25, -0.2) is 0 Å². The summed E-state index contributed by atoms with van der Waals surface area (Å²) in [5.74, 6) is 0.702. The van der Waals surface area contributed by atoms with Crippen LogP contribution in [0.2, 0.25) is 0 Å². The molecule has 0 aliphatic carbocycles. The molecule has 1 aliphatic heterocycles. The lowest BCUT2D eigenvalue weighted by Gasteiger charge is -2.21. The largest absolute Gasteiger partial charge is 0.373 e. The smallest absolute Gasteiger partial charge is 0.138 e. The molecule has 0 bridgehead atoms. The summed E-state index contributed by atoms with van der Waals surface area (Å²) in [6, 6.07) is 10.3. The summed E-state index contributed by atoms with van der Waals surface area (Å²) in [6.07, 6.45) is 0.532. The lowest BCUT2D eigenvalue weighted by molar-refractivity contribution is 0.0849. The van der Waals surface area contributed by atoms with Gasteiger partial charge in [0, 0.05) is 12.3 Å². The van der Waals surface area contributed by atoms with Gasteiger partial charge in [-0.1, -0.05) is 54.3 Å². The van der Waals surface area contributed by atoms with Gasteiger partial charge in [-0.15, -0.1) is 0 Å². The summed E-state index contributed by atoms with van der Waals surface area (Å²) in [7, 11) is 0. The zero-order chi connectivity index (χ0) is 10.7. The first-order chi connectivity index (χ1) is 7.27. The van der Waals surface area contributed by atoms with Crippen LogP contribution in [-0.4, -0.2) is 32.9 Å². The third kappa shape index (κ3) is 2.71. The molecular formula is C11H13NOS2. The Bertz CT molecular complexity index is 342. The molecule has 1 saturated heterocycles. The molecule has 2 nitrogen and oxygen atoms in total. The van der Waals surface area contributed by atoms with E-state index in [1.54, 1.807) is 11.8 Å². The molecule has 1 fully saturated rings. The summed E-state index contributed by atoms with van der Waals surface area (Å²) < 4.78 is 0.818. The van der Waals surface area contributed by atoms with Gasteiger partial charge in [0.25, 0.3) is 0 Å². The van der Waals surface area contributed by atoms with Crippen molar-refractivity contribution in [2.75, 3.05) is 12.3 Å². The minimum atomic E-state index is -0.397. The Morgan fingerprint density at radius 3 is 2.73 bits per heavy atom. The van der Waals surface area contributed by atoms with Crippen molar-refractivity contribution in [2.45, 2.75) is 12.6 Å². The molecule has 15 heavy (non-hydrogen) atoms. The van der Waals surface area contributed by atoms with Crippen molar-refractivity contribution in [1.82, 2.24) is 4.90 Å². The molecule has 1 aromatic carbocycles. The van der Waals surface area contributed by atoms with E-state index in [9.17, 15) is 5.11 Å². The molecule has 1 aromatic rings.